The van der Waals surface area contributed by atoms with Crippen LogP contribution in [0.15, 0.2) is 48.5 Å². The lowest BCUT2D eigenvalue weighted by Gasteiger charge is -2.31. The summed E-state index contributed by atoms with van der Waals surface area (Å²) < 4.78 is 5.70. The van der Waals surface area contributed by atoms with E-state index in [-0.39, 0.29) is 23.0 Å². The van der Waals surface area contributed by atoms with Gasteiger partial charge in [-0.1, -0.05) is 51.2 Å². The summed E-state index contributed by atoms with van der Waals surface area (Å²) in [5, 5.41) is 5.87. The first-order chi connectivity index (χ1) is 16.5. The van der Waals surface area contributed by atoms with E-state index in [9.17, 15) is 9.59 Å². The van der Waals surface area contributed by atoms with Gasteiger partial charge in [-0.15, -0.1) is 0 Å². The third-order valence-corrected chi connectivity index (χ3v) is 6.41. The van der Waals surface area contributed by atoms with Crippen molar-refractivity contribution in [3.8, 4) is 5.75 Å². The van der Waals surface area contributed by atoms with Gasteiger partial charge in [0.1, 0.15) is 5.75 Å². The smallest absolute Gasteiger partial charge is 0.257 e. The number of rotatable bonds is 9. The lowest BCUT2D eigenvalue weighted by Crippen LogP contribution is -2.39. The van der Waals surface area contributed by atoms with E-state index in [0.717, 1.165) is 50.7 Å². The summed E-state index contributed by atoms with van der Waals surface area (Å²) in [6.07, 6.45) is 8.92. The maximum Gasteiger partial charge on any atom is 0.257 e. The number of thiocarbonyl (C=S) groups is 1. The van der Waals surface area contributed by atoms with E-state index < -0.39 is 0 Å². The van der Waals surface area contributed by atoms with Crippen molar-refractivity contribution in [2.24, 2.45) is 0 Å². The molecule has 0 aromatic heterocycles. The zero-order valence-electron chi connectivity index (χ0n) is 20.1. The van der Waals surface area contributed by atoms with Gasteiger partial charge in [0.25, 0.3) is 11.8 Å². The Balaban J connectivity index is 1.57. The average molecular weight is 482 g/mol. The fourth-order valence-electron chi connectivity index (χ4n) is 4.18. The van der Waals surface area contributed by atoms with Crippen LogP contribution in [0.1, 0.15) is 79.0 Å². The molecule has 0 radical (unpaired) electrons. The number of carbonyl (C=O) groups excluding carboxylic acids is 2. The lowest BCUT2D eigenvalue weighted by molar-refractivity contribution is 0.0697. The average Bonchev–Trinajstić information content (AvgIpc) is 2.87. The Bertz CT molecular complexity index is 971. The number of nitrogens with one attached hydrogen (secondary N) is 2. The van der Waals surface area contributed by atoms with Gasteiger partial charge in [-0.05, 0) is 67.9 Å². The van der Waals surface area contributed by atoms with E-state index in [1.807, 2.05) is 24.1 Å². The third kappa shape index (κ3) is 7.29. The summed E-state index contributed by atoms with van der Waals surface area (Å²) in [6, 6.07) is 14.5. The number of carbonyl (C=O) groups is 2. The molecule has 182 valence electrons. The van der Waals surface area contributed by atoms with Crippen LogP contribution in [0.4, 0.5) is 5.69 Å². The number of anilines is 1. The molecule has 2 amide bonds. The molecule has 0 unspecified atom stereocenters. The fourth-order valence-corrected chi connectivity index (χ4v) is 4.38. The topological polar surface area (TPSA) is 70.7 Å². The molecule has 6 nitrogen and oxygen atoms in total. The van der Waals surface area contributed by atoms with Gasteiger partial charge >= 0.3 is 0 Å². The first-order valence-corrected chi connectivity index (χ1v) is 12.6. The van der Waals surface area contributed by atoms with E-state index in [4.69, 9.17) is 17.0 Å². The van der Waals surface area contributed by atoms with Crippen molar-refractivity contribution < 1.29 is 14.3 Å². The van der Waals surface area contributed by atoms with Gasteiger partial charge in [-0.25, -0.2) is 0 Å². The molecule has 0 spiro atoms. The quantitative estimate of drug-likeness (QED) is 0.351. The number of benzene rings is 2. The first kappa shape index (κ1) is 25.7. The molecule has 0 bridgehead atoms. The maximum absolute atomic E-state index is 13.2. The van der Waals surface area contributed by atoms with E-state index >= 15 is 0 Å². The zero-order valence-corrected chi connectivity index (χ0v) is 21.0. The number of amides is 2. The molecule has 3 rings (SSSR count). The van der Waals surface area contributed by atoms with Crippen LogP contribution in [-0.4, -0.2) is 41.5 Å². The second-order valence-corrected chi connectivity index (χ2v) is 9.15. The van der Waals surface area contributed by atoms with Crippen LogP contribution in [0.3, 0.4) is 0 Å². The van der Waals surface area contributed by atoms with E-state index in [1.54, 1.807) is 36.4 Å². The van der Waals surface area contributed by atoms with Gasteiger partial charge in [0.15, 0.2) is 5.11 Å². The van der Waals surface area contributed by atoms with Crippen molar-refractivity contribution in [2.45, 2.75) is 64.3 Å². The molecule has 34 heavy (non-hydrogen) atoms. The van der Waals surface area contributed by atoms with Gasteiger partial charge in [-0.2, -0.15) is 0 Å². The van der Waals surface area contributed by atoms with E-state index in [2.05, 4.69) is 17.6 Å². The molecule has 0 saturated heterocycles. The number of para-hydroxylation sites is 1. The van der Waals surface area contributed by atoms with Crippen LogP contribution in [0.5, 0.6) is 5.75 Å². The number of ether oxygens (including phenoxy) is 1. The van der Waals surface area contributed by atoms with Crippen LogP contribution in [0, 0.1) is 0 Å². The molecule has 2 aromatic carbocycles. The Kier molecular flexibility index (Phi) is 9.89. The molecular formula is C27H35N3O3S. The largest absolute Gasteiger partial charge is 0.494 e. The van der Waals surface area contributed by atoms with E-state index in [1.165, 1.54) is 6.42 Å². The summed E-state index contributed by atoms with van der Waals surface area (Å²) in [4.78, 5) is 27.7. The predicted octanol–water partition coefficient (Wildman–Crippen LogP) is 5.79. The van der Waals surface area contributed by atoms with Crippen LogP contribution >= 0.6 is 12.2 Å². The molecule has 2 aromatic rings. The van der Waals surface area contributed by atoms with Crippen molar-refractivity contribution in [1.29, 1.82) is 0 Å². The third-order valence-electron chi connectivity index (χ3n) is 6.21. The molecule has 0 atom stereocenters. The Morgan fingerprint density at radius 1 is 1.03 bits per heavy atom. The van der Waals surface area contributed by atoms with Crippen molar-refractivity contribution in [3.63, 3.8) is 0 Å². The number of hydrogen-bond acceptors (Lipinski definition) is 4. The Labute approximate surface area is 208 Å². The minimum Gasteiger partial charge on any atom is -0.494 e. The normalized spacial score (nSPS) is 13.7. The second kappa shape index (κ2) is 13.1. The fraction of sp³-hybridized carbons (Fsp3) is 0.444. The summed E-state index contributed by atoms with van der Waals surface area (Å²) in [5.41, 5.74) is 1.60. The minimum atomic E-state index is -0.321. The molecule has 1 saturated carbocycles. The van der Waals surface area contributed by atoms with Crippen LogP contribution in [0.2, 0.25) is 0 Å². The van der Waals surface area contributed by atoms with E-state index in [0.29, 0.717) is 23.4 Å². The summed E-state index contributed by atoms with van der Waals surface area (Å²) in [6.45, 7) is 2.82. The molecular weight excluding hydrogens is 446 g/mol. The second-order valence-electron chi connectivity index (χ2n) is 8.74. The minimum absolute atomic E-state index is 0.0429. The highest BCUT2D eigenvalue weighted by Gasteiger charge is 2.24. The van der Waals surface area contributed by atoms with Crippen LogP contribution < -0.4 is 15.4 Å². The highest BCUT2D eigenvalue weighted by atomic mass is 32.1. The predicted molar refractivity (Wildman–Crippen MR) is 141 cm³/mol. The molecule has 0 heterocycles. The van der Waals surface area contributed by atoms with Crippen LogP contribution in [-0.2, 0) is 0 Å². The zero-order chi connectivity index (χ0) is 24.3. The van der Waals surface area contributed by atoms with Crippen molar-refractivity contribution in [1.82, 2.24) is 10.2 Å². The van der Waals surface area contributed by atoms with Crippen molar-refractivity contribution >= 4 is 34.8 Å². The van der Waals surface area contributed by atoms with Crippen LogP contribution in [0.25, 0.3) is 0 Å². The van der Waals surface area contributed by atoms with Gasteiger partial charge in [0.05, 0.1) is 17.9 Å². The van der Waals surface area contributed by atoms with Gasteiger partial charge in [-0.3, -0.25) is 14.9 Å². The monoisotopic (exact) mass is 481 g/mol. The number of hydrogen-bond donors (Lipinski definition) is 2. The van der Waals surface area contributed by atoms with Gasteiger partial charge in [0.2, 0.25) is 0 Å². The van der Waals surface area contributed by atoms with Gasteiger partial charge < -0.3 is 15.0 Å². The number of unbranched alkanes of at least 4 members (excludes halogenated alkanes) is 2. The van der Waals surface area contributed by atoms with Gasteiger partial charge in [0, 0.05) is 18.7 Å². The molecule has 1 fully saturated rings. The molecule has 7 heteroatoms. The lowest BCUT2D eigenvalue weighted by atomic mass is 9.94. The highest BCUT2D eigenvalue weighted by Crippen LogP contribution is 2.25. The SMILES string of the molecule is CCCCCOc1ccc(C(=O)NC(=S)Nc2ccccc2C(=O)N(C)C2CCCCC2)cc1. The van der Waals surface area contributed by atoms with Crippen molar-refractivity contribution in [3.05, 3.63) is 59.7 Å². The summed E-state index contributed by atoms with van der Waals surface area (Å²) in [5.74, 6) is 0.375. The Morgan fingerprint density at radius 3 is 2.44 bits per heavy atom. The number of nitrogens with zero attached hydrogens (tertiary/aromatic N) is 1. The molecule has 2 N–H and O–H groups in total. The summed E-state index contributed by atoms with van der Waals surface area (Å²) in [7, 11) is 1.87. The molecule has 0 aliphatic heterocycles. The van der Waals surface area contributed by atoms with Crippen molar-refractivity contribution in [2.75, 3.05) is 19.0 Å². The maximum atomic E-state index is 13.2. The first-order valence-electron chi connectivity index (χ1n) is 12.2. The standard InChI is InChI=1S/C27H35N3O3S/c1-3-4-10-19-33-22-17-15-20(16-18-22)25(31)29-27(34)28-24-14-9-8-13-23(24)26(32)30(2)21-11-6-5-7-12-21/h8-9,13-18,21H,3-7,10-12,19H2,1-2H3,(H2,28,29,31,34). The highest BCUT2D eigenvalue weighted by molar-refractivity contribution is 7.80. The summed E-state index contributed by atoms with van der Waals surface area (Å²) >= 11 is 5.36. The molecule has 1 aliphatic carbocycles. The Hall–Kier alpha value is -2.93. The molecule has 1 aliphatic rings. The Morgan fingerprint density at radius 2 is 1.74 bits per heavy atom.